The van der Waals surface area contributed by atoms with Crippen LogP contribution >= 0.6 is 0 Å². The van der Waals surface area contributed by atoms with Crippen LogP contribution in [0.5, 0.6) is 0 Å². The molecule has 1 fully saturated rings. The molecule has 0 aromatic heterocycles. The average molecular weight is 320 g/mol. The Balaban J connectivity index is 1.87. The van der Waals surface area contributed by atoms with Crippen LogP contribution in [0.25, 0.3) is 0 Å². The SMILES string of the molecule is COCC(Cc1ccccc1)NC(=O)N1CCC(C(=O)O)CC1. The smallest absolute Gasteiger partial charge is 0.317 e. The molecule has 6 heteroatoms. The Hall–Kier alpha value is -2.08. The summed E-state index contributed by atoms with van der Waals surface area (Å²) in [6.45, 7) is 1.40. The van der Waals surface area contributed by atoms with Gasteiger partial charge in [-0.1, -0.05) is 30.3 Å². The van der Waals surface area contributed by atoms with Crippen molar-refractivity contribution in [2.24, 2.45) is 5.92 Å². The van der Waals surface area contributed by atoms with Gasteiger partial charge in [-0.05, 0) is 24.8 Å². The second-order valence-corrected chi connectivity index (χ2v) is 5.89. The number of piperidine rings is 1. The Morgan fingerprint density at radius 3 is 2.52 bits per heavy atom. The third-order valence-electron chi connectivity index (χ3n) is 4.15. The summed E-state index contributed by atoms with van der Waals surface area (Å²) in [6.07, 6.45) is 1.72. The van der Waals surface area contributed by atoms with Crippen LogP contribution in [0.3, 0.4) is 0 Å². The van der Waals surface area contributed by atoms with Crippen LogP contribution in [0.4, 0.5) is 4.79 Å². The summed E-state index contributed by atoms with van der Waals surface area (Å²) < 4.78 is 5.20. The van der Waals surface area contributed by atoms with Crippen molar-refractivity contribution in [2.45, 2.75) is 25.3 Å². The first-order valence-corrected chi connectivity index (χ1v) is 7.91. The zero-order chi connectivity index (χ0) is 16.7. The number of methoxy groups -OCH3 is 1. The number of benzene rings is 1. The zero-order valence-electron chi connectivity index (χ0n) is 13.4. The maximum absolute atomic E-state index is 12.4. The Kier molecular flexibility index (Phi) is 6.40. The van der Waals surface area contributed by atoms with Crippen LogP contribution in [0.15, 0.2) is 30.3 Å². The molecule has 0 aliphatic carbocycles. The second kappa shape index (κ2) is 8.53. The Bertz CT molecular complexity index is 513. The fraction of sp³-hybridized carbons (Fsp3) is 0.529. The first-order valence-electron chi connectivity index (χ1n) is 7.91. The van der Waals surface area contributed by atoms with Crippen LogP contribution in [0, 0.1) is 5.92 Å². The largest absolute Gasteiger partial charge is 0.481 e. The first kappa shape index (κ1) is 17.3. The third kappa shape index (κ3) is 5.25. The number of rotatable bonds is 6. The van der Waals surface area contributed by atoms with E-state index in [1.165, 1.54) is 0 Å². The molecule has 0 radical (unpaired) electrons. The highest BCUT2D eigenvalue weighted by atomic mass is 16.5. The molecule has 1 heterocycles. The van der Waals surface area contributed by atoms with Crippen LogP contribution in [0.2, 0.25) is 0 Å². The topological polar surface area (TPSA) is 78.9 Å². The number of carboxylic acid groups (broad SMARTS) is 1. The van der Waals surface area contributed by atoms with Crippen molar-refractivity contribution in [1.29, 1.82) is 0 Å². The number of likely N-dealkylation sites (tertiary alicyclic amines) is 1. The highest BCUT2D eigenvalue weighted by Gasteiger charge is 2.27. The number of nitrogens with zero attached hydrogens (tertiary/aromatic N) is 1. The Labute approximate surface area is 136 Å². The van der Waals surface area contributed by atoms with Gasteiger partial charge in [-0.25, -0.2) is 4.79 Å². The van der Waals surface area contributed by atoms with Gasteiger partial charge in [0, 0.05) is 20.2 Å². The molecular weight excluding hydrogens is 296 g/mol. The van der Waals surface area contributed by atoms with Gasteiger partial charge in [-0.2, -0.15) is 0 Å². The van der Waals surface area contributed by atoms with E-state index in [9.17, 15) is 9.59 Å². The number of carboxylic acids is 1. The van der Waals surface area contributed by atoms with Crippen LogP contribution < -0.4 is 5.32 Å². The van der Waals surface area contributed by atoms with E-state index in [1.54, 1.807) is 12.0 Å². The Morgan fingerprint density at radius 2 is 1.96 bits per heavy atom. The van der Waals surface area contributed by atoms with Crippen LogP contribution in [-0.4, -0.2) is 54.9 Å². The van der Waals surface area contributed by atoms with E-state index in [-0.39, 0.29) is 18.0 Å². The molecule has 126 valence electrons. The van der Waals surface area contributed by atoms with Crippen molar-refractivity contribution >= 4 is 12.0 Å². The molecule has 2 rings (SSSR count). The predicted molar refractivity (Wildman–Crippen MR) is 86.3 cm³/mol. The molecule has 1 aliphatic rings. The van der Waals surface area contributed by atoms with E-state index in [1.807, 2.05) is 30.3 Å². The number of hydrogen-bond donors (Lipinski definition) is 2. The molecule has 1 saturated heterocycles. The fourth-order valence-corrected chi connectivity index (χ4v) is 2.85. The molecule has 1 atom stereocenters. The lowest BCUT2D eigenvalue weighted by molar-refractivity contribution is -0.143. The van der Waals surface area contributed by atoms with Crippen LogP contribution in [-0.2, 0) is 16.0 Å². The van der Waals surface area contributed by atoms with E-state index in [0.29, 0.717) is 39.0 Å². The normalized spacial score (nSPS) is 16.8. The highest BCUT2D eigenvalue weighted by molar-refractivity contribution is 5.75. The minimum absolute atomic E-state index is 0.105. The molecule has 1 unspecified atom stereocenters. The summed E-state index contributed by atoms with van der Waals surface area (Å²) in [6, 6.07) is 9.69. The number of aliphatic carboxylic acids is 1. The molecule has 1 aromatic carbocycles. The number of nitrogens with one attached hydrogen (secondary N) is 1. The van der Waals surface area contributed by atoms with Crippen molar-refractivity contribution in [1.82, 2.24) is 10.2 Å². The van der Waals surface area contributed by atoms with Gasteiger partial charge < -0.3 is 20.1 Å². The number of hydrogen-bond acceptors (Lipinski definition) is 3. The number of carbonyl (C=O) groups is 2. The number of amides is 2. The van der Waals surface area contributed by atoms with Gasteiger partial charge in [-0.15, -0.1) is 0 Å². The van der Waals surface area contributed by atoms with Gasteiger partial charge >= 0.3 is 12.0 Å². The van der Waals surface area contributed by atoms with Crippen molar-refractivity contribution in [3.8, 4) is 0 Å². The van der Waals surface area contributed by atoms with E-state index in [2.05, 4.69) is 5.32 Å². The second-order valence-electron chi connectivity index (χ2n) is 5.89. The number of urea groups is 1. The maximum atomic E-state index is 12.4. The molecule has 2 amide bonds. The van der Waals surface area contributed by atoms with E-state index in [0.717, 1.165) is 5.56 Å². The third-order valence-corrected chi connectivity index (χ3v) is 4.15. The van der Waals surface area contributed by atoms with E-state index < -0.39 is 5.97 Å². The lowest BCUT2D eigenvalue weighted by Gasteiger charge is -2.31. The Morgan fingerprint density at radius 1 is 1.30 bits per heavy atom. The molecule has 0 bridgehead atoms. The first-order chi connectivity index (χ1) is 11.1. The number of ether oxygens (including phenoxy) is 1. The van der Waals surface area contributed by atoms with Gasteiger partial charge in [0.05, 0.1) is 18.6 Å². The summed E-state index contributed by atoms with van der Waals surface area (Å²) in [7, 11) is 1.61. The summed E-state index contributed by atoms with van der Waals surface area (Å²) in [5.41, 5.74) is 1.14. The standard InChI is InChI=1S/C17H24N2O4/c1-23-12-15(11-13-5-3-2-4-6-13)18-17(22)19-9-7-14(8-10-19)16(20)21/h2-6,14-15H,7-12H2,1H3,(H,18,22)(H,20,21). The molecule has 23 heavy (non-hydrogen) atoms. The monoisotopic (exact) mass is 320 g/mol. The van der Waals surface area contributed by atoms with Gasteiger partial charge in [0.2, 0.25) is 0 Å². The zero-order valence-corrected chi connectivity index (χ0v) is 13.4. The van der Waals surface area contributed by atoms with Gasteiger partial charge in [-0.3, -0.25) is 4.79 Å². The molecule has 0 spiro atoms. The molecule has 0 saturated carbocycles. The van der Waals surface area contributed by atoms with Gasteiger partial charge in [0.1, 0.15) is 0 Å². The highest BCUT2D eigenvalue weighted by Crippen LogP contribution is 2.17. The molecule has 6 nitrogen and oxygen atoms in total. The molecule has 2 N–H and O–H groups in total. The van der Waals surface area contributed by atoms with Crippen molar-refractivity contribution in [2.75, 3.05) is 26.8 Å². The van der Waals surface area contributed by atoms with Gasteiger partial charge in [0.25, 0.3) is 0 Å². The summed E-state index contributed by atoms with van der Waals surface area (Å²) in [5.74, 6) is -1.11. The average Bonchev–Trinajstić information content (AvgIpc) is 2.56. The van der Waals surface area contributed by atoms with Crippen molar-refractivity contribution in [3.05, 3.63) is 35.9 Å². The number of carbonyl (C=O) groups excluding carboxylic acids is 1. The summed E-state index contributed by atoms with van der Waals surface area (Å²) in [4.78, 5) is 25.0. The maximum Gasteiger partial charge on any atom is 0.317 e. The lowest BCUT2D eigenvalue weighted by Crippen LogP contribution is -2.50. The summed E-state index contributed by atoms with van der Waals surface area (Å²) >= 11 is 0. The van der Waals surface area contributed by atoms with Crippen LogP contribution in [0.1, 0.15) is 18.4 Å². The molecule has 1 aromatic rings. The van der Waals surface area contributed by atoms with Gasteiger partial charge in [0.15, 0.2) is 0 Å². The van der Waals surface area contributed by atoms with E-state index >= 15 is 0 Å². The fourth-order valence-electron chi connectivity index (χ4n) is 2.85. The van der Waals surface area contributed by atoms with E-state index in [4.69, 9.17) is 9.84 Å². The minimum atomic E-state index is -0.772. The molecule has 1 aliphatic heterocycles. The summed E-state index contributed by atoms with van der Waals surface area (Å²) in [5, 5.41) is 12.0. The molecular formula is C17H24N2O4. The van der Waals surface area contributed by atoms with Crippen molar-refractivity contribution < 1.29 is 19.4 Å². The predicted octanol–water partition coefficient (Wildman–Crippen LogP) is 1.75. The lowest BCUT2D eigenvalue weighted by atomic mass is 9.97. The minimum Gasteiger partial charge on any atom is -0.481 e. The quantitative estimate of drug-likeness (QED) is 0.837. The van der Waals surface area contributed by atoms with Crippen molar-refractivity contribution in [3.63, 3.8) is 0 Å².